The van der Waals surface area contributed by atoms with Crippen molar-refractivity contribution in [2.45, 2.75) is 26.7 Å². The summed E-state index contributed by atoms with van der Waals surface area (Å²) in [6.07, 6.45) is 0.864. The minimum absolute atomic E-state index is 0.0867. The molecular weight excluding hydrogens is 296 g/mol. The molecule has 0 fully saturated rings. The Bertz CT molecular complexity index is 631. The molecule has 1 aliphatic rings. The van der Waals surface area contributed by atoms with Gasteiger partial charge in [-0.1, -0.05) is 26.1 Å². The number of Topliss-reactive ketones (excluding diaryl/α,β-unsaturated/α-hetero) is 1. The molecule has 0 aromatic heterocycles. The molecule has 4 nitrogen and oxygen atoms in total. The second-order valence-corrected chi connectivity index (χ2v) is 7.07. The molecule has 0 unspecified atom stereocenters. The lowest BCUT2D eigenvalue weighted by molar-refractivity contribution is -0.117. The molecule has 0 saturated carbocycles. The van der Waals surface area contributed by atoms with E-state index in [4.69, 9.17) is 12.2 Å². The fourth-order valence-electron chi connectivity index (χ4n) is 2.58. The molecule has 2 N–H and O–H groups in total. The molecule has 0 radical (unpaired) electrons. The number of carbonyl (C=O) groups is 1. The van der Waals surface area contributed by atoms with Crippen LogP contribution in [0.25, 0.3) is 0 Å². The van der Waals surface area contributed by atoms with Crippen LogP contribution in [0, 0.1) is 5.41 Å². The first kappa shape index (κ1) is 16.5. The zero-order valence-electron chi connectivity index (χ0n) is 13.4. The Morgan fingerprint density at radius 1 is 1.23 bits per heavy atom. The first-order valence-corrected chi connectivity index (χ1v) is 7.64. The van der Waals surface area contributed by atoms with Gasteiger partial charge in [-0.2, -0.15) is 0 Å². The lowest BCUT2D eigenvalue weighted by Crippen LogP contribution is -2.31. The topological polar surface area (TPSA) is 52.6 Å². The molecular formula is C17H22N2O2S. The standard InChI is InChI=1S/C17H22N2O2S/c1-17(2)9-13(20)15(14(21)10-17)16(22)18-11-5-7-12(8-6-11)19(3)4/h5-8,20H,9-10H2,1-4H3,(H,18,22). The summed E-state index contributed by atoms with van der Waals surface area (Å²) in [6.45, 7) is 3.93. The number of carbonyl (C=O) groups excluding carboxylic acids is 1. The van der Waals surface area contributed by atoms with Gasteiger partial charge in [0, 0.05) is 38.3 Å². The van der Waals surface area contributed by atoms with Crippen molar-refractivity contribution in [2.75, 3.05) is 24.3 Å². The highest BCUT2D eigenvalue weighted by Gasteiger charge is 2.34. The van der Waals surface area contributed by atoms with E-state index in [0.717, 1.165) is 11.4 Å². The van der Waals surface area contributed by atoms with Crippen LogP contribution >= 0.6 is 12.2 Å². The van der Waals surface area contributed by atoms with Crippen molar-refractivity contribution in [3.05, 3.63) is 35.6 Å². The van der Waals surface area contributed by atoms with E-state index >= 15 is 0 Å². The lowest BCUT2D eigenvalue weighted by Gasteiger charge is -2.29. The van der Waals surface area contributed by atoms with Crippen LogP contribution in [0.4, 0.5) is 11.4 Å². The maximum Gasteiger partial charge on any atom is 0.169 e. The Hall–Kier alpha value is -1.88. The summed E-state index contributed by atoms with van der Waals surface area (Å²) >= 11 is 5.31. The number of aliphatic hydroxyl groups is 1. The number of hydrogen-bond donors (Lipinski definition) is 2. The Balaban J connectivity index is 2.17. The average molecular weight is 318 g/mol. The van der Waals surface area contributed by atoms with Crippen LogP contribution in [0.5, 0.6) is 0 Å². The molecule has 5 heteroatoms. The van der Waals surface area contributed by atoms with E-state index in [0.29, 0.717) is 12.8 Å². The van der Waals surface area contributed by atoms with Gasteiger partial charge in [-0.3, -0.25) is 4.79 Å². The Labute approximate surface area is 136 Å². The highest BCUT2D eigenvalue weighted by Crippen LogP contribution is 2.36. The zero-order chi connectivity index (χ0) is 16.5. The normalized spacial score (nSPS) is 17.4. The molecule has 0 bridgehead atoms. The van der Waals surface area contributed by atoms with Crippen molar-refractivity contribution in [2.24, 2.45) is 5.41 Å². The summed E-state index contributed by atoms with van der Waals surface area (Å²) in [7, 11) is 3.94. The molecule has 1 aromatic rings. The molecule has 0 aliphatic heterocycles. The summed E-state index contributed by atoms with van der Waals surface area (Å²) in [6, 6.07) is 7.73. The molecule has 0 amide bonds. The van der Waals surface area contributed by atoms with Crippen LogP contribution < -0.4 is 10.2 Å². The second-order valence-electron chi connectivity index (χ2n) is 6.66. The number of benzene rings is 1. The van der Waals surface area contributed by atoms with Gasteiger partial charge in [0.25, 0.3) is 0 Å². The largest absolute Gasteiger partial charge is 0.511 e. The van der Waals surface area contributed by atoms with Crippen LogP contribution in [0.3, 0.4) is 0 Å². The van der Waals surface area contributed by atoms with Gasteiger partial charge in [0.05, 0.1) is 5.57 Å². The van der Waals surface area contributed by atoms with Gasteiger partial charge in [0.15, 0.2) is 5.78 Å². The average Bonchev–Trinajstić information content (AvgIpc) is 2.36. The summed E-state index contributed by atoms with van der Waals surface area (Å²) < 4.78 is 0. The third-order valence-electron chi connectivity index (χ3n) is 3.72. The summed E-state index contributed by atoms with van der Waals surface area (Å²) in [4.78, 5) is 14.5. The van der Waals surface area contributed by atoms with Crippen molar-refractivity contribution < 1.29 is 9.90 Å². The van der Waals surface area contributed by atoms with Gasteiger partial charge in [-0.05, 0) is 29.7 Å². The Morgan fingerprint density at radius 3 is 2.32 bits per heavy atom. The summed E-state index contributed by atoms with van der Waals surface area (Å²) in [5.74, 6) is -0.0141. The van der Waals surface area contributed by atoms with E-state index in [9.17, 15) is 9.90 Å². The number of hydrogen-bond acceptors (Lipinski definition) is 4. The van der Waals surface area contributed by atoms with Crippen LogP contribution in [-0.4, -0.2) is 30.0 Å². The first-order valence-electron chi connectivity index (χ1n) is 7.24. The summed E-state index contributed by atoms with van der Waals surface area (Å²) in [5, 5.41) is 13.2. The number of allylic oxidation sites excluding steroid dienone is 1. The smallest absolute Gasteiger partial charge is 0.169 e. The van der Waals surface area contributed by atoms with Crippen molar-refractivity contribution >= 4 is 34.4 Å². The second kappa shape index (κ2) is 6.08. The van der Waals surface area contributed by atoms with E-state index in [1.807, 2.05) is 57.1 Å². The van der Waals surface area contributed by atoms with Gasteiger partial charge in [-0.25, -0.2) is 0 Å². The quantitative estimate of drug-likeness (QED) is 0.832. The number of ketones is 1. The molecule has 118 valence electrons. The number of nitrogens with zero attached hydrogens (tertiary/aromatic N) is 1. The lowest BCUT2D eigenvalue weighted by atomic mass is 9.76. The van der Waals surface area contributed by atoms with Gasteiger partial charge in [-0.15, -0.1) is 0 Å². The maximum absolute atomic E-state index is 12.2. The van der Waals surface area contributed by atoms with E-state index in [1.165, 1.54) is 0 Å². The molecule has 22 heavy (non-hydrogen) atoms. The number of anilines is 2. The predicted octanol–water partition coefficient (Wildman–Crippen LogP) is 3.69. The Kier molecular flexibility index (Phi) is 4.56. The van der Waals surface area contributed by atoms with Crippen molar-refractivity contribution in [1.29, 1.82) is 0 Å². The Morgan fingerprint density at radius 2 is 1.82 bits per heavy atom. The van der Waals surface area contributed by atoms with E-state index < -0.39 is 0 Å². The SMILES string of the molecule is CN(C)c1ccc(NC(=S)C2=C(O)CC(C)(C)CC2=O)cc1. The zero-order valence-corrected chi connectivity index (χ0v) is 14.3. The van der Waals surface area contributed by atoms with E-state index in [1.54, 1.807) is 0 Å². The minimum Gasteiger partial charge on any atom is -0.511 e. The van der Waals surface area contributed by atoms with Crippen LogP contribution in [0.15, 0.2) is 35.6 Å². The van der Waals surface area contributed by atoms with Crippen LogP contribution in [-0.2, 0) is 4.79 Å². The molecule has 0 spiro atoms. The van der Waals surface area contributed by atoms with Gasteiger partial charge < -0.3 is 15.3 Å². The highest BCUT2D eigenvalue weighted by atomic mass is 32.1. The van der Waals surface area contributed by atoms with Crippen LogP contribution in [0.2, 0.25) is 0 Å². The first-order chi connectivity index (χ1) is 10.2. The van der Waals surface area contributed by atoms with Crippen LogP contribution in [0.1, 0.15) is 26.7 Å². The van der Waals surface area contributed by atoms with Crippen molar-refractivity contribution in [3.63, 3.8) is 0 Å². The highest BCUT2D eigenvalue weighted by molar-refractivity contribution is 7.81. The fraction of sp³-hybridized carbons (Fsp3) is 0.412. The molecule has 2 rings (SSSR count). The van der Waals surface area contributed by atoms with Gasteiger partial charge >= 0.3 is 0 Å². The molecule has 0 atom stereocenters. The number of nitrogens with one attached hydrogen (secondary N) is 1. The maximum atomic E-state index is 12.2. The van der Waals surface area contributed by atoms with E-state index in [2.05, 4.69) is 5.32 Å². The number of rotatable bonds is 3. The van der Waals surface area contributed by atoms with Gasteiger partial charge in [0.1, 0.15) is 10.7 Å². The fourth-order valence-corrected chi connectivity index (χ4v) is 2.93. The molecule has 0 saturated heterocycles. The number of aliphatic hydroxyl groups excluding tert-OH is 1. The van der Waals surface area contributed by atoms with E-state index in [-0.39, 0.29) is 27.5 Å². The van der Waals surface area contributed by atoms with Gasteiger partial charge in [0.2, 0.25) is 0 Å². The molecule has 1 aliphatic carbocycles. The molecule has 1 aromatic carbocycles. The summed E-state index contributed by atoms with van der Waals surface area (Å²) in [5.41, 5.74) is 1.92. The molecule has 0 heterocycles. The monoisotopic (exact) mass is 318 g/mol. The van der Waals surface area contributed by atoms with Crippen molar-refractivity contribution in [3.8, 4) is 0 Å². The third-order valence-corrected chi connectivity index (χ3v) is 4.03. The third kappa shape index (κ3) is 3.65. The van der Waals surface area contributed by atoms with Crippen molar-refractivity contribution in [1.82, 2.24) is 0 Å². The minimum atomic E-state index is -0.215. The predicted molar refractivity (Wildman–Crippen MR) is 94.7 cm³/mol. The number of thiocarbonyl (C=S) groups is 1.